The Kier molecular flexibility index (Phi) is 3.45. The second kappa shape index (κ2) is 5.24. The van der Waals surface area contributed by atoms with Gasteiger partial charge >= 0.3 is 0 Å². The average molecular weight is 341 g/mol. The fourth-order valence-electron chi connectivity index (χ4n) is 5.09. The summed E-state index contributed by atoms with van der Waals surface area (Å²) in [5.74, 6) is -0.965. The van der Waals surface area contributed by atoms with Gasteiger partial charge in [-0.25, -0.2) is 0 Å². The zero-order valence-electron chi connectivity index (χ0n) is 14.6. The number of amides is 2. The van der Waals surface area contributed by atoms with Crippen molar-refractivity contribution in [2.45, 2.75) is 57.6 Å². The molecule has 1 N–H and O–H groups in total. The van der Waals surface area contributed by atoms with E-state index in [9.17, 15) is 19.5 Å². The van der Waals surface area contributed by atoms with Crippen molar-refractivity contribution in [3.05, 3.63) is 35.4 Å². The number of nitrogens with zero attached hydrogens (tertiary/aromatic N) is 1. The predicted molar refractivity (Wildman–Crippen MR) is 91.0 cm³/mol. The first kappa shape index (κ1) is 16.5. The molecule has 1 aromatic rings. The summed E-state index contributed by atoms with van der Waals surface area (Å²) in [7, 11) is 0. The van der Waals surface area contributed by atoms with E-state index in [-0.39, 0.29) is 35.5 Å². The summed E-state index contributed by atoms with van der Waals surface area (Å²) < 4.78 is 0. The minimum absolute atomic E-state index is 0.0722. The summed E-state index contributed by atoms with van der Waals surface area (Å²) in [4.78, 5) is 39.0. The zero-order valence-corrected chi connectivity index (χ0v) is 14.6. The van der Waals surface area contributed by atoms with Gasteiger partial charge in [0.05, 0.1) is 16.7 Å². The molecule has 0 saturated heterocycles. The van der Waals surface area contributed by atoms with Gasteiger partial charge in [-0.2, -0.15) is 0 Å². The van der Waals surface area contributed by atoms with Crippen molar-refractivity contribution < 1.29 is 19.5 Å². The molecule has 4 atom stereocenters. The summed E-state index contributed by atoms with van der Waals surface area (Å²) in [6.07, 6.45) is 2.82. The van der Waals surface area contributed by atoms with E-state index in [4.69, 9.17) is 0 Å². The fraction of sp³-hybridized carbons (Fsp3) is 0.550. The van der Waals surface area contributed by atoms with Crippen LogP contribution < -0.4 is 0 Å². The lowest BCUT2D eigenvalue weighted by molar-refractivity contribution is -0.181. The van der Waals surface area contributed by atoms with Crippen LogP contribution in [-0.4, -0.2) is 39.2 Å². The molecule has 1 aromatic carbocycles. The minimum Gasteiger partial charge on any atom is -0.388 e. The normalized spacial score (nSPS) is 37.9. The SMILES string of the molecule is CC1C(=O)CC[C@@]2(C)CCC(N3C(=O)c4ccccc4C3=O)C[C@@]12O. The number of aliphatic hydroxyl groups is 1. The summed E-state index contributed by atoms with van der Waals surface area (Å²) in [6, 6.07) is 6.48. The Bertz CT molecular complexity index is 753. The molecule has 25 heavy (non-hydrogen) atoms. The third-order valence-corrected chi connectivity index (χ3v) is 6.93. The Labute approximate surface area is 147 Å². The van der Waals surface area contributed by atoms with Crippen LogP contribution in [-0.2, 0) is 4.79 Å². The summed E-state index contributed by atoms with van der Waals surface area (Å²) in [5, 5.41) is 11.4. The molecule has 2 fully saturated rings. The lowest BCUT2D eigenvalue weighted by Gasteiger charge is -2.56. The van der Waals surface area contributed by atoms with Crippen LogP contribution in [0, 0.1) is 11.3 Å². The molecule has 0 radical (unpaired) electrons. The molecule has 132 valence electrons. The second-order valence-corrected chi connectivity index (χ2v) is 8.10. The van der Waals surface area contributed by atoms with Crippen molar-refractivity contribution in [3.8, 4) is 0 Å². The monoisotopic (exact) mass is 341 g/mol. The Morgan fingerprint density at radius 2 is 1.68 bits per heavy atom. The van der Waals surface area contributed by atoms with Gasteiger partial charge in [-0.05, 0) is 43.2 Å². The number of Topliss-reactive ketones (excluding diaryl/α,β-unsaturated/α-hetero) is 1. The Morgan fingerprint density at radius 3 is 2.28 bits per heavy atom. The van der Waals surface area contributed by atoms with Gasteiger partial charge in [-0.1, -0.05) is 26.0 Å². The molecular weight excluding hydrogens is 318 g/mol. The summed E-state index contributed by atoms with van der Waals surface area (Å²) in [6.45, 7) is 3.82. The van der Waals surface area contributed by atoms with Gasteiger partial charge in [-0.15, -0.1) is 0 Å². The van der Waals surface area contributed by atoms with Crippen LogP contribution in [0.4, 0.5) is 0 Å². The van der Waals surface area contributed by atoms with E-state index < -0.39 is 11.5 Å². The first-order valence-corrected chi connectivity index (χ1v) is 9.00. The molecule has 1 heterocycles. The molecule has 2 aliphatic carbocycles. The first-order valence-electron chi connectivity index (χ1n) is 9.00. The lowest BCUT2D eigenvalue weighted by atomic mass is 9.52. The molecule has 1 aliphatic heterocycles. The molecule has 4 rings (SSSR count). The van der Waals surface area contributed by atoms with E-state index in [0.717, 1.165) is 0 Å². The number of carbonyl (C=O) groups excluding carboxylic acids is 3. The quantitative estimate of drug-likeness (QED) is 0.797. The smallest absolute Gasteiger partial charge is 0.261 e. The van der Waals surface area contributed by atoms with Crippen LogP contribution in [0.15, 0.2) is 24.3 Å². The van der Waals surface area contributed by atoms with Gasteiger partial charge in [-0.3, -0.25) is 19.3 Å². The Hall–Kier alpha value is -2.01. The molecule has 2 unspecified atom stereocenters. The zero-order chi connectivity index (χ0) is 18.0. The van der Waals surface area contributed by atoms with E-state index in [1.54, 1.807) is 31.2 Å². The van der Waals surface area contributed by atoms with Crippen LogP contribution in [0.2, 0.25) is 0 Å². The van der Waals surface area contributed by atoms with Gasteiger partial charge in [0.1, 0.15) is 5.78 Å². The van der Waals surface area contributed by atoms with Gasteiger partial charge < -0.3 is 5.11 Å². The van der Waals surface area contributed by atoms with E-state index >= 15 is 0 Å². The number of rotatable bonds is 1. The average Bonchev–Trinajstić information content (AvgIpc) is 2.85. The topological polar surface area (TPSA) is 74.7 Å². The van der Waals surface area contributed by atoms with Crippen molar-refractivity contribution in [1.82, 2.24) is 4.90 Å². The third kappa shape index (κ3) is 2.08. The second-order valence-electron chi connectivity index (χ2n) is 8.10. The fourth-order valence-corrected chi connectivity index (χ4v) is 5.09. The number of ketones is 1. The molecule has 0 bridgehead atoms. The van der Waals surface area contributed by atoms with Crippen LogP contribution in [0.25, 0.3) is 0 Å². The Balaban J connectivity index is 1.67. The number of imide groups is 1. The molecule has 5 nitrogen and oxygen atoms in total. The van der Waals surface area contributed by atoms with Crippen molar-refractivity contribution >= 4 is 17.6 Å². The predicted octanol–water partition coefficient (Wildman–Crippen LogP) is 2.57. The highest BCUT2D eigenvalue weighted by Crippen LogP contribution is 2.55. The molecule has 2 amide bonds. The first-order chi connectivity index (χ1) is 11.8. The number of fused-ring (bicyclic) bond motifs is 2. The standard InChI is InChI=1S/C20H23NO4/c1-12-16(22)8-10-19(2)9-7-13(11-20(12,19)25)21-17(23)14-5-3-4-6-15(14)18(21)24/h3-6,12-13,25H,7-11H2,1-2H3/t12?,13?,19-,20-/m1/s1. The number of hydrogen-bond acceptors (Lipinski definition) is 4. The van der Waals surface area contributed by atoms with E-state index in [1.165, 1.54) is 4.90 Å². The van der Waals surface area contributed by atoms with Gasteiger partial charge in [0.15, 0.2) is 0 Å². The largest absolute Gasteiger partial charge is 0.388 e. The van der Waals surface area contributed by atoms with Crippen molar-refractivity contribution in [3.63, 3.8) is 0 Å². The molecule has 2 saturated carbocycles. The van der Waals surface area contributed by atoms with Crippen molar-refractivity contribution in [1.29, 1.82) is 0 Å². The highest BCUT2D eigenvalue weighted by Gasteiger charge is 2.59. The summed E-state index contributed by atoms with van der Waals surface area (Å²) in [5.41, 5.74) is -0.642. The molecule has 3 aliphatic rings. The number of hydrogen-bond donors (Lipinski definition) is 1. The van der Waals surface area contributed by atoms with Crippen molar-refractivity contribution in [2.75, 3.05) is 0 Å². The third-order valence-electron chi connectivity index (χ3n) is 6.93. The number of carbonyl (C=O) groups is 3. The van der Waals surface area contributed by atoms with Crippen LogP contribution in [0.5, 0.6) is 0 Å². The van der Waals surface area contributed by atoms with Crippen LogP contribution >= 0.6 is 0 Å². The number of benzene rings is 1. The van der Waals surface area contributed by atoms with E-state index in [2.05, 4.69) is 0 Å². The van der Waals surface area contributed by atoms with Gasteiger partial charge in [0, 0.05) is 18.4 Å². The Morgan fingerprint density at radius 1 is 1.08 bits per heavy atom. The maximum Gasteiger partial charge on any atom is 0.261 e. The molecule has 5 heteroatoms. The van der Waals surface area contributed by atoms with Crippen LogP contribution in [0.1, 0.15) is 66.7 Å². The van der Waals surface area contributed by atoms with E-state index in [1.807, 2.05) is 6.92 Å². The highest BCUT2D eigenvalue weighted by molar-refractivity contribution is 6.21. The highest BCUT2D eigenvalue weighted by atomic mass is 16.3. The minimum atomic E-state index is -1.17. The van der Waals surface area contributed by atoms with Crippen molar-refractivity contribution in [2.24, 2.45) is 11.3 Å². The molecular formula is C20H23NO4. The summed E-state index contributed by atoms with van der Waals surface area (Å²) >= 11 is 0. The van der Waals surface area contributed by atoms with Crippen LogP contribution in [0.3, 0.4) is 0 Å². The maximum absolute atomic E-state index is 12.8. The maximum atomic E-state index is 12.8. The lowest BCUT2D eigenvalue weighted by Crippen LogP contribution is -2.63. The molecule has 0 spiro atoms. The van der Waals surface area contributed by atoms with Gasteiger partial charge in [0.25, 0.3) is 11.8 Å². The van der Waals surface area contributed by atoms with E-state index in [0.29, 0.717) is 36.8 Å². The van der Waals surface area contributed by atoms with Gasteiger partial charge in [0.2, 0.25) is 0 Å². The molecule has 0 aromatic heterocycles.